The van der Waals surface area contributed by atoms with Crippen LogP contribution in [-0.4, -0.2) is 29.5 Å². The van der Waals surface area contributed by atoms with Gasteiger partial charge in [-0.1, -0.05) is 54.1 Å². The summed E-state index contributed by atoms with van der Waals surface area (Å²) in [6, 6.07) is 18.3. The van der Waals surface area contributed by atoms with Gasteiger partial charge in [0.2, 0.25) is 0 Å². The fraction of sp³-hybridized carbons (Fsp3) is 0.217. The molecule has 0 aliphatic heterocycles. The Balaban J connectivity index is 1.74. The topological polar surface area (TPSA) is 54.3 Å². The maximum Gasteiger partial charge on any atom is 0.253 e. The molecule has 0 saturated carbocycles. The summed E-state index contributed by atoms with van der Waals surface area (Å²) < 4.78 is 1.50. The summed E-state index contributed by atoms with van der Waals surface area (Å²) in [6.07, 6.45) is 1.58. The number of nitrogens with one attached hydrogen (secondary N) is 1. The summed E-state index contributed by atoms with van der Waals surface area (Å²) >= 11 is 6.20. The van der Waals surface area contributed by atoms with E-state index in [2.05, 4.69) is 16.3 Å². The number of halogens is 1. The van der Waals surface area contributed by atoms with Crippen LogP contribution in [0.1, 0.15) is 27.0 Å². The van der Waals surface area contributed by atoms with E-state index >= 15 is 0 Å². The molecule has 1 aromatic heterocycles. The Morgan fingerprint density at radius 3 is 2.31 bits per heavy atom. The van der Waals surface area contributed by atoms with Gasteiger partial charge >= 0.3 is 0 Å². The van der Waals surface area contributed by atoms with E-state index in [-0.39, 0.29) is 11.5 Å². The number of hydrogen-bond acceptors (Lipinski definition) is 3. The molecule has 0 spiro atoms. The second-order valence-corrected chi connectivity index (χ2v) is 7.57. The fourth-order valence-corrected chi connectivity index (χ4v) is 3.30. The summed E-state index contributed by atoms with van der Waals surface area (Å²) in [4.78, 5) is 27.0. The molecule has 6 heteroatoms. The lowest BCUT2D eigenvalue weighted by atomic mass is 10.1. The molecule has 0 atom stereocenters. The van der Waals surface area contributed by atoms with Crippen molar-refractivity contribution in [2.75, 3.05) is 14.1 Å². The smallest absolute Gasteiger partial charge is 0.253 e. The van der Waals surface area contributed by atoms with Crippen molar-refractivity contribution in [2.24, 2.45) is 0 Å². The highest BCUT2D eigenvalue weighted by Crippen LogP contribution is 2.16. The number of pyridine rings is 1. The first-order valence-electron chi connectivity index (χ1n) is 9.37. The van der Waals surface area contributed by atoms with Crippen molar-refractivity contribution in [3.8, 4) is 0 Å². The predicted octanol–water partition coefficient (Wildman–Crippen LogP) is 3.54. The largest absolute Gasteiger partial charge is 0.348 e. The molecule has 29 heavy (non-hydrogen) atoms. The number of benzene rings is 2. The van der Waals surface area contributed by atoms with E-state index in [4.69, 9.17) is 11.6 Å². The van der Waals surface area contributed by atoms with Crippen molar-refractivity contribution in [1.82, 2.24) is 14.8 Å². The van der Waals surface area contributed by atoms with Crippen LogP contribution in [0.15, 0.2) is 71.7 Å². The molecule has 0 aliphatic rings. The van der Waals surface area contributed by atoms with Gasteiger partial charge in [-0.3, -0.25) is 9.59 Å². The van der Waals surface area contributed by atoms with E-state index < -0.39 is 0 Å². The van der Waals surface area contributed by atoms with Crippen molar-refractivity contribution in [1.29, 1.82) is 0 Å². The molecule has 0 bridgehead atoms. The number of hydrogen-bond donors (Lipinski definition) is 1. The van der Waals surface area contributed by atoms with Crippen LogP contribution in [0, 0.1) is 0 Å². The Kier molecular flexibility index (Phi) is 6.86. The Morgan fingerprint density at radius 2 is 1.62 bits per heavy atom. The average Bonchev–Trinajstić information content (AvgIpc) is 2.70. The van der Waals surface area contributed by atoms with Crippen LogP contribution in [0.2, 0.25) is 5.02 Å². The molecule has 150 valence electrons. The van der Waals surface area contributed by atoms with E-state index in [1.807, 2.05) is 50.5 Å². The highest BCUT2D eigenvalue weighted by Gasteiger charge is 2.10. The quantitative estimate of drug-likeness (QED) is 0.649. The summed E-state index contributed by atoms with van der Waals surface area (Å²) in [5.41, 5.74) is 3.31. The van der Waals surface area contributed by atoms with Crippen LogP contribution in [0.25, 0.3) is 0 Å². The van der Waals surface area contributed by atoms with Crippen molar-refractivity contribution >= 4 is 17.5 Å². The maximum absolute atomic E-state index is 12.7. The predicted molar refractivity (Wildman–Crippen MR) is 116 cm³/mol. The lowest BCUT2D eigenvalue weighted by Gasteiger charge is -2.15. The molecule has 0 radical (unpaired) electrons. The van der Waals surface area contributed by atoms with E-state index in [0.717, 1.165) is 17.7 Å². The van der Waals surface area contributed by atoms with E-state index in [1.165, 1.54) is 16.2 Å². The summed E-state index contributed by atoms with van der Waals surface area (Å²) in [6.45, 7) is 1.53. The molecule has 0 aliphatic carbocycles. The van der Waals surface area contributed by atoms with Crippen LogP contribution < -0.4 is 10.9 Å². The molecule has 1 heterocycles. The third kappa shape index (κ3) is 5.56. The number of carbonyl (C=O) groups excluding carboxylic acids is 1. The molecular weight excluding hydrogens is 386 g/mol. The maximum atomic E-state index is 12.7. The first kappa shape index (κ1) is 20.8. The lowest BCUT2D eigenvalue weighted by molar-refractivity contribution is 0.0950. The number of carbonyl (C=O) groups is 1. The van der Waals surface area contributed by atoms with Crippen molar-refractivity contribution in [2.45, 2.75) is 19.6 Å². The molecule has 1 amide bonds. The van der Waals surface area contributed by atoms with Crippen LogP contribution in [-0.2, 0) is 19.6 Å². The second kappa shape index (κ2) is 9.54. The average molecular weight is 410 g/mol. The van der Waals surface area contributed by atoms with Gasteiger partial charge < -0.3 is 14.8 Å². The minimum Gasteiger partial charge on any atom is -0.348 e. The van der Waals surface area contributed by atoms with Crippen molar-refractivity contribution < 1.29 is 4.79 Å². The van der Waals surface area contributed by atoms with Gasteiger partial charge in [0.15, 0.2) is 0 Å². The van der Waals surface area contributed by atoms with E-state index in [9.17, 15) is 9.59 Å². The molecule has 5 nitrogen and oxygen atoms in total. The monoisotopic (exact) mass is 409 g/mol. The van der Waals surface area contributed by atoms with Gasteiger partial charge in [0.05, 0.1) is 12.1 Å². The van der Waals surface area contributed by atoms with Gasteiger partial charge in [0, 0.05) is 30.4 Å². The van der Waals surface area contributed by atoms with Gasteiger partial charge in [0.1, 0.15) is 0 Å². The fourth-order valence-electron chi connectivity index (χ4n) is 3.10. The van der Waals surface area contributed by atoms with Crippen molar-refractivity contribution in [3.05, 3.63) is 104 Å². The second-order valence-electron chi connectivity index (χ2n) is 7.16. The Labute approximate surface area is 175 Å². The van der Waals surface area contributed by atoms with Crippen LogP contribution in [0.5, 0.6) is 0 Å². The number of amides is 1. The van der Waals surface area contributed by atoms with E-state index in [1.54, 1.807) is 18.3 Å². The minimum absolute atomic E-state index is 0.183. The van der Waals surface area contributed by atoms with Crippen LogP contribution in [0.3, 0.4) is 0 Å². The van der Waals surface area contributed by atoms with Crippen LogP contribution in [0.4, 0.5) is 0 Å². The first-order chi connectivity index (χ1) is 13.9. The Morgan fingerprint density at radius 1 is 0.966 bits per heavy atom. The Hall–Kier alpha value is -2.89. The highest BCUT2D eigenvalue weighted by molar-refractivity contribution is 6.31. The Bertz CT molecular complexity index is 1060. The normalized spacial score (nSPS) is 10.9. The minimum atomic E-state index is -0.224. The lowest BCUT2D eigenvalue weighted by Crippen LogP contribution is -2.27. The molecule has 2 aromatic carbocycles. The molecule has 1 N–H and O–H groups in total. The molecule has 0 fully saturated rings. The zero-order chi connectivity index (χ0) is 20.8. The van der Waals surface area contributed by atoms with Crippen LogP contribution >= 0.6 is 11.6 Å². The summed E-state index contributed by atoms with van der Waals surface area (Å²) in [5, 5.41) is 3.54. The SMILES string of the molecule is CN(C)Cc1ccccc1CNC(=O)c1ccc(=O)n(Cc2ccccc2Cl)c1. The molecule has 3 aromatic rings. The number of rotatable bonds is 7. The van der Waals surface area contributed by atoms with Gasteiger partial charge in [0.25, 0.3) is 11.5 Å². The number of aromatic nitrogens is 1. The van der Waals surface area contributed by atoms with Gasteiger partial charge in [-0.25, -0.2) is 0 Å². The first-order valence-corrected chi connectivity index (χ1v) is 9.75. The molecule has 3 rings (SSSR count). The standard InChI is InChI=1S/C23H24ClN3O2/c1-26(2)14-18-8-4-3-7-17(18)13-25-23(29)20-11-12-22(28)27(16-20)15-19-9-5-6-10-21(19)24/h3-12,16H,13-15H2,1-2H3,(H,25,29). The summed E-state index contributed by atoms with van der Waals surface area (Å²) in [5.74, 6) is -0.224. The van der Waals surface area contributed by atoms with Gasteiger partial charge in [-0.05, 0) is 42.9 Å². The highest BCUT2D eigenvalue weighted by atomic mass is 35.5. The third-order valence-electron chi connectivity index (χ3n) is 4.59. The van der Waals surface area contributed by atoms with Gasteiger partial charge in [-0.15, -0.1) is 0 Å². The van der Waals surface area contributed by atoms with Gasteiger partial charge in [-0.2, -0.15) is 0 Å². The third-order valence-corrected chi connectivity index (χ3v) is 4.96. The zero-order valence-corrected chi connectivity index (χ0v) is 17.3. The summed E-state index contributed by atoms with van der Waals surface area (Å²) in [7, 11) is 4.02. The van der Waals surface area contributed by atoms with Crippen molar-refractivity contribution in [3.63, 3.8) is 0 Å². The molecule has 0 unspecified atom stereocenters. The molecule has 0 saturated heterocycles. The van der Waals surface area contributed by atoms with E-state index in [0.29, 0.717) is 23.7 Å². The number of nitrogens with zero attached hydrogens (tertiary/aromatic N) is 2. The molecular formula is C23H24ClN3O2. The zero-order valence-electron chi connectivity index (χ0n) is 16.6.